The Hall–Kier alpha value is -2.31. The van der Waals surface area contributed by atoms with Crippen molar-refractivity contribution in [2.24, 2.45) is 0 Å². The topological polar surface area (TPSA) is 45.0 Å². The van der Waals surface area contributed by atoms with E-state index in [9.17, 15) is 0 Å². The molecule has 0 spiro atoms. The van der Waals surface area contributed by atoms with E-state index in [1.54, 1.807) is 13.2 Å². The van der Waals surface area contributed by atoms with Crippen LogP contribution >= 0.6 is 0 Å². The number of hydrogen-bond acceptors (Lipinski definition) is 3. The first-order valence-corrected chi connectivity index (χ1v) is 7.15. The van der Waals surface area contributed by atoms with Crippen LogP contribution in [0, 0.1) is 11.3 Å². The predicted octanol–water partition coefficient (Wildman–Crippen LogP) is 3.44. The Kier molecular flexibility index (Phi) is 3.64. The lowest BCUT2D eigenvalue weighted by Gasteiger charge is -2.13. The van der Waals surface area contributed by atoms with Crippen molar-refractivity contribution in [3.63, 3.8) is 0 Å². The third-order valence-electron chi connectivity index (χ3n) is 4.21. The first-order valence-electron chi connectivity index (χ1n) is 7.15. The van der Waals surface area contributed by atoms with Gasteiger partial charge in [-0.15, -0.1) is 0 Å². The molecule has 2 aromatic carbocycles. The second-order valence-electron chi connectivity index (χ2n) is 5.32. The molecule has 0 amide bonds. The van der Waals surface area contributed by atoms with Crippen molar-refractivity contribution >= 4 is 0 Å². The van der Waals surface area contributed by atoms with E-state index in [1.807, 2.05) is 19.2 Å². The lowest BCUT2D eigenvalue weighted by molar-refractivity contribution is 0.416. The summed E-state index contributed by atoms with van der Waals surface area (Å²) in [5.74, 6) is 0.803. The van der Waals surface area contributed by atoms with Crippen molar-refractivity contribution in [1.29, 1.82) is 5.26 Å². The zero-order chi connectivity index (χ0) is 14.8. The molecule has 1 atom stereocenters. The molecule has 0 fully saturated rings. The lowest BCUT2D eigenvalue weighted by atomic mass is 9.98. The Bertz CT molecular complexity index is 716. The monoisotopic (exact) mass is 278 g/mol. The average molecular weight is 278 g/mol. The molecule has 0 heterocycles. The summed E-state index contributed by atoms with van der Waals surface area (Å²) in [4.78, 5) is 0. The first-order chi connectivity index (χ1) is 10.3. The first kappa shape index (κ1) is 13.7. The van der Waals surface area contributed by atoms with E-state index in [-0.39, 0.29) is 0 Å². The maximum Gasteiger partial charge on any atom is 0.126 e. The minimum Gasteiger partial charge on any atom is -0.496 e. The van der Waals surface area contributed by atoms with Gasteiger partial charge in [0.15, 0.2) is 0 Å². The molecule has 0 aliphatic heterocycles. The molecule has 0 saturated heterocycles. The maximum absolute atomic E-state index is 9.09. The highest BCUT2D eigenvalue weighted by atomic mass is 16.5. The Morgan fingerprint density at radius 1 is 1.24 bits per heavy atom. The number of ether oxygens (including phenoxy) is 1. The number of nitriles is 1. The van der Waals surface area contributed by atoms with Gasteiger partial charge in [0.2, 0.25) is 0 Å². The summed E-state index contributed by atoms with van der Waals surface area (Å²) in [5.41, 5.74) is 5.51. The Balaban J connectivity index is 2.08. The molecular formula is C18H18N2O. The third-order valence-corrected chi connectivity index (χ3v) is 4.21. The van der Waals surface area contributed by atoms with Crippen LogP contribution in [0.5, 0.6) is 5.75 Å². The number of benzene rings is 2. The number of nitrogens with one attached hydrogen (secondary N) is 1. The van der Waals surface area contributed by atoms with Crippen LogP contribution in [-0.4, -0.2) is 14.2 Å². The van der Waals surface area contributed by atoms with Crippen LogP contribution in [0.15, 0.2) is 36.4 Å². The number of aryl methyl sites for hydroxylation is 1. The second-order valence-corrected chi connectivity index (χ2v) is 5.32. The molecule has 2 aromatic rings. The number of methoxy groups -OCH3 is 1. The molecule has 0 radical (unpaired) electrons. The fourth-order valence-corrected chi connectivity index (χ4v) is 3.09. The van der Waals surface area contributed by atoms with Crippen molar-refractivity contribution in [2.45, 2.75) is 18.9 Å². The molecular weight excluding hydrogens is 260 g/mol. The summed E-state index contributed by atoms with van der Waals surface area (Å²) in [6.07, 6.45) is 2.24. The van der Waals surface area contributed by atoms with Gasteiger partial charge in [0.1, 0.15) is 5.75 Å². The highest BCUT2D eigenvalue weighted by Gasteiger charge is 2.21. The number of hydrogen-bond donors (Lipinski definition) is 1. The quantitative estimate of drug-likeness (QED) is 0.935. The van der Waals surface area contributed by atoms with Crippen LogP contribution in [0.3, 0.4) is 0 Å². The van der Waals surface area contributed by atoms with Crippen molar-refractivity contribution in [3.05, 3.63) is 53.1 Å². The van der Waals surface area contributed by atoms with Gasteiger partial charge in [-0.1, -0.05) is 18.2 Å². The van der Waals surface area contributed by atoms with Gasteiger partial charge in [-0.2, -0.15) is 5.26 Å². The fraction of sp³-hybridized carbons (Fsp3) is 0.278. The van der Waals surface area contributed by atoms with Crippen LogP contribution in [0.2, 0.25) is 0 Å². The minimum atomic E-state index is 0.460. The van der Waals surface area contributed by atoms with E-state index in [4.69, 9.17) is 10.00 Å². The zero-order valence-electron chi connectivity index (χ0n) is 12.3. The molecule has 1 N–H and O–H groups in total. The van der Waals surface area contributed by atoms with Gasteiger partial charge in [0.05, 0.1) is 18.7 Å². The standard InChI is InChI=1S/C18H18N2O/c1-20-17-7-5-13-10-14(4-6-15(13)17)16-9-12(11-19)3-8-18(16)21-2/h3-4,6,8-10,17,20H,5,7H2,1-2H3. The van der Waals surface area contributed by atoms with E-state index >= 15 is 0 Å². The van der Waals surface area contributed by atoms with Crippen molar-refractivity contribution in [1.82, 2.24) is 5.32 Å². The summed E-state index contributed by atoms with van der Waals surface area (Å²) in [6, 6.07) is 14.7. The molecule has 1 aliphatic carbocycles. The smallest absolute Gasteiger partial charge is 0.126 e. The van der Waals surface area contributed by atoms with Crippen LogP contribution in [-0.2, 0) is 6.42 Å². The molecule has 0 saturated carbocycles. The van der Waals surface area contributed by atoms with E-state index in [0.29, 0.717) is 11.6 Å². The van der Waals surface area contributed by atoms with Crippen molar-refractivity contribution in [3.8, 4) is 22.9 Å². The van der Waals surface area contributed by atoms with E-state index < -0.39 is 0 Å². The van der Waals surface area contributed by atoms with Crippen molar-refractivity contribution < 1.29 is 4.74 Å². The SMILES string of the molecule is CNC1CCc2cc(-c3cc(C#N)ccc3OC)ccc21. The minimum absolute atomic E-state index is 0.460. The van der Waals surface area contributed by atoms with Gasteiger partial charge in [0.25, 0.3) is 0 Å². The molecule has 3 rings (SSSR count). The largest absolute Gasteiger partial charge is 0.496 e. The molecule has 21 heavy (non-hydrogen) atoms. The van der Waals surface area contributed by atoms with Gasteiger partial charge in [-0.25, -0.2) is 0 Å². The summed E-state index contributed by atoms with van der Waals surface area (Å²) in [5, 5.41) is 12.4. The average Bonchev–Trinajstić information content (AvgIpc) is 2.96. The lowest BCUT2D eigenvalue weighted by Crippen LogP contribution is -2.12. The number of nitrogens with zero attached hydrogens (tertiary/aromatic N) is 1. The number of fused-ring (bicyclic) bond motifs is 1. The number of rotatable bonds is 3. The van der Waals surface area contributed by atoms with E-state index in [2.05, 4.69) is 29.6 Å². The second kappa shape index (κ2) is 5.59. The molecule has 1 unspecified atom stereocenters. The predicted molar refractivity (Wildman–Crippen MR) is 83.3 cm³/mol. The Morgan fingerprint density at radius 3 is 2.81 bits per heavy atom. The molecule has 3 heteroatoms. The van der Waals surface area contributed by atoms with Gasteiger partial charge < -0.3 is 10.1 Å². The summed E-state index contributed by atoms with van der Waals surface area (Å²) in [7, 11) is 3.67. The fourth-order valence-electron chi connectivity index (χ4n) is 3.09. The molecule has 106 valence electrons. The van der Waals surface area contributed by atoms with Gasteiger partial charge in [-0.05, 0) is 54.8 Å². The summed E-state index contributed by atoms with van der Waals surface area (Å²) in [6.45, 7) is 0. The van der Waals surface area contributed by atoms with Crippen LogP contribution in [0.4, 0.5) is 0 Å². The third kappa shape index (κ3) is 2.39. The van der Waals surface area contributed by atoms with Crippen LogP contribution < -0.4 is 10.1 Å². The molecule has 0 bridgehead atoms. The molecule has 0 aromatic heterocycles. The zero-order valence-corrected chi connectivity index (χ0v) is 12.3. The maximum atomic E-state index is 9.09. The Morgan fingerprint density at radius 2 is 2.10 bits per heavy atom. The van der Waals surface area contributed by atoms with Gasteiger partial charge >= 0.3 is 0 Å². The Labute approximate surface area is 125 Å². The molecule has 3 nitrogen and oxygen atoms in total. The van der Waals surface area contributed by atoms with Gasteiger partial charge in [-0.3, -0.25) is 0 Å². The van der Waals surface area contributed by atoms with Crippen LogP contribution in [0.25, 0.3) is 11.1 Å². The normalized spacial score (nSPS) is 16.3. The summed E-state index contributed by atoms with van der Waals surface area (Å²) < 4.78 is 5.44. The van der Waals surface area contributed by atoms with Crippen LogP contribution in [0.1, 0.15) is 29.2 Å². The van der Waals surface area contributed by atoms with Gasteiger partial charge in [0, 0.05) is 11.6 Å². The van der Waals surface area contributed by atoms with E-state index in [1.165, 1.54) is 11.1 Å². The highest BCUT2D eigenvalue weighted by molar-refractivity contribution is 5.73. The summed E-state index contributed by atoms with van der Waals surface area (Å²) >= 11 is 0. The highest BCUT2D eigenvalue weighted by Crippen LogP contribution is 2.37. The van der Waals surface area contributed by atoms with Crippen molar-refractivity contribution in [2.75, 3.05) is 14.2 Å². The molecule has 1 aliphatic rings. The van der Waals surface area contributed by atoms with E-state index in [0.717, 1.165) is 29.7 Å².